The number of nitrogens with zero attached hydrogens (tertiary/aromatic N) is 6. The quantitative estimate of drug-likeness (QED) is 0.0745. The van der Waals surface area contributed by atoms with Gasteiger partial charge >= 0.3 is 5.97 Å². The van der Waals surface area contributed by atoms with Crippen molar-refractivity contribution in [3.05, 3.63) is 0 Å². The predicted molar refractivity (Wildman–Crippen MR) is 176 cm³/mol. The molecule has 0 bridgehead atoms. The number of rotatable bonds is 21. The predicted octanol–water partition coefficient (Wildman–Crippen LogP) is -5.83. The van der Waals surface area contributed by atoms with Crippen LogP contribution in [0.25, 0.3) is 0 Å². The Hall–Kier alpha value is -5.34. The highest BCUT2D eigenvalue weighted by molar-refractivity contribution is 5.93. The largest absolute Gasteiger partial charge is 0.480 e. The zero-order valence-corrected chi connectivity index (χ0v) is 29.9. The monoisotopic (exact) mass is 714 g/mol. The molecular formula is C29H50N10O11. The second-order valence-corrected chi connectivity index (χ2v) is 11.8. The molecule has 0 saturated carbocycles. The molecule has 0 heterocycles. The molecule has 0 spiro atoms. The molecule has 0 atom stereocenters. The standard InChI is InChI=1S/C29H50N10O11/c1-19(2)30-9-23(43)37(6)16-26(46)34(3)13-20(40)31-10-24(44)38(7)17-27(47)35(4)14-21(41)32-11-25(45)39(8)18-28(48)36(5)15-22(42)33-12-29(49)50/h19,30H,9-18H2,1-8H3,(H,31,40)(H,32,41)(H,33,42)(H,49,50). The van der Waals surface area contributed by atoms with Crippen molar-refractivity contribution in [2.24, 2.45) is 0 Å². The molecule has 0 fully saturated rings. The minimum Gasteiger partial charge on any atom is -0.480 e. The third-order valence-electron chi connectivity index (χ3n) is 6.79. The normalized spacial score (nSPS) is 10.3. The van der Waals surface area contributed by atoms with Gasteiger partial charge in [-0.3, -0.25) is 47.9 Å². The summed E-state index contributed by atoms with van der Waals surface area (Å²) in [5.74, 6) is -6.61. The first-order valence-corrected chi connectivity index (χ1v) is 15.3. The summed E-state index contributed by atoms with van der Waals surface area (Å²) in [5.41, 5.74) is 0. The van der Waals surface area contributed by atoms with E-state index in [0.717, 1.165) is 24.5 Å². The van der Waals surface area contributed by atoms with Gasteiger partial charge in [0.05, 0.1) is 58.9 Å². The van der Waals surface area contributed by atoms with E-state index < -0.39 is 99.0 Å². The van der Waals surface area contributed by atoms with E-state index in [9.17, 15) is 47.9 Å². The smallest absolute Gasteiger partial charge is 0.322 e. The third kappa shape index (κ3) is 18.9. The number of carboxylic acids is 1. The molecule has 0 rings (SSSR count). The Morgan fingerprint density at radius 3 is 0.960 bits per heavy atom. The molecule has 282 valence electrons. The van der Waals surface area contributed by atoms with Crippen molar-refractivity contribution in [3.63, 3.8) is 0 Å². The molecule has 0 saturated heterocycles. The molecule has 21 nitrogen and oxygen atoms in total. The summed E-state index contributed by atoms with van der Waals surface area (Å²) >= 11 is 0. The maximum absolute atomic E-state index is 12.6. The molecule has 9 amide bonds. The third-order valence-corrected chi connectivity index (χ3v) is 6.79. The van der Waals surface area contributed by atoms with Crippen LogP contribution in [0.5, 0.6) is 0 Å². The lowest BCUT2D eigenvalue weighted by Gasteiger charge is -2.23. The number of hydrogen-bond acceptors (Lipinski definition) is 11. The topological polar surface area (TPSA) is 258 Å². The van der Waals surface area contributed by atoms with Gasteiger partial charge in [0.2, 0.25) is 53.2 Å². The van der Waals surface area contributed by atoms with Crippen LogP contribution < -0.4 is 21.3 Å². The minimum absolute atomic E-state index is 0.0569. The van der Waals surface area contributed by atoms with Crippen LogP contribution in [-0.4, -0.2) is 207 Å². The molecule has 5 N–H and O–H groups in total. The van der Waals surface area contributed by atoms with Crippen molar-refractivity contribution < 1.29 is 53.1 Å². The van der Waals surface area contributed by atoms with E-state index in [2.05, 4.69) is 21.3 Å². The molecule has 21 heteroatoms. The second-order valence-electron chi connectivity index (χ2n) is 11.8. The number of nitrogens with one attached hydrogen (secondary N) is 4. The van der Waals surface area contributed by atoms with Gasteiger partial charge in [0.1, 0.15) is 6.54 Å². The summed E-state index contributed by atoms with van der Waals surface area (Å²) in [6.45, 7) is -0.154. The van der Waals surface area contributed by atoms with E-state index in [1.54, 1.807) is 0 Å². The molecule has 0 unspecified atom stereocenters. The maximum Gasteiger partial charge on any atom is 0.322 e. The fraction of sp³-hybridized carbons (Fsp3) is 0.655. The summed E-state index contributed by atoms with van der Waals surface area (Å²) in [6.07, 6.45) is 0. The van der Waals surface area contributed by atoms with E-state index in [-0.39, 0.29) is 31.6 Å². The van der Waals surface area contributed by atoms with Crippen LogP contribution in [0, 0.1) is 0 Å². The highest BCUT2D eigenvalue weighted by atomic mass is 16.4. The highest BCUT2D eigenvalue weighted by Crippen LogP contribution is 1.95. The Balaban J connectivity index is 4.56. The van der Waals surface area contributed by atoms with Gasteiger partial charge in [0, 0.05) is 48.3 Å². The maximum atomic E-state index is 12.6. The van der Waals surface area contributed by atoms with Crippen molar-refractivity contribution in [2.75, 3.05) is 108 Å². The fourth-order valence-electron chi connectivity index (χ4n) is 3.53. The summed E-state index contributed by atoms with van der Waals surface area (Å²) in [4.78, 5) is 127. The van der Waals surface area contributed by atoms with Gasteiger partial charge in [-0.2, -0.15) is 0 Å². The summed E-state index contributed by atoms with van der Waals surface area (Å²) in [5, 5.41) is 18.3. The van der Waals surface area contributed by atoms with Gasteiger partial charge in [-0.1, -0.05) is 13.8 Å². The second kappa shape index (κ2) is 22.3. The summed E-state index contributed by atoms with van der Waals surface area (Å²) < 4.78 is 0. The number of carboxylic acid groups (broad SMARTS) is 1. The Morgan fingerprint density at radius 2 is 0.680 bits per heavy atom. The van der Waals surface area contributed by atoms with Crippen LogP contribution in [0.15, 0.2) is 0 Å². The van der Waals surface area contributed by atoms with Gasteiger partial charge in [-0.05, 0) is 0 Å². The number of carbonyl (C=O) groups is 10. The van der Waals surface area contributed by atoms with E-state index in [0.29, 0.717) is 0 Å². The fourth-order valence-corrected chi connectivity index (χ4v) is 3.53. The molecule has 0 aliphatic carbocycles. The molecule has 0 aromatic rings. The van der Waals surface area contributed by atoms with E-state index in [1.807, 2.05) is 13.8 Å². The van der Waals surface area contributed by atoms with Crippen LogP contribution in [0.1, 0.15) is 13.8 Å². The van der Waals surface area contributed by atoms with Crippen LogP contribution in [-0.2, 0) is 47.9 Å². The van der Waals surface area contributed by atoms with Crippen molar-refractivity contribution in [3.8, 4) is 0 Å². The number of likely N-dealkylation sites (N-methyl/N-ethyl adjacent to an activating group) is 6. The zero-order valence-electron chi connectivity index (χ0n) is 29.9. The number of hydrogen-bond donors (Lipinski definition) is 5. The van der Waals surface area contributed by atoms with Gasteiger partial charge in [-0.15, -0.1) is 0 Å². The lowest BCUT2D eigenvalue weighted by molar-refractivity contribution is -0.142. The Labute approximate surface area is 290 Å². The Morgan fingerprint density at radius 1 is 0.420 bits per heavy atom. The minimum atomic E-state index is -1.25. The molecule has 0 aliphatic heterocycles. The number of amides is 9. The molecular weight excluding hydrogens is 664 g/mol. The van der Waals surface area contributed by atoms with Gasteiger partial charge in [-0.25, -0.2) is 0 Å². The van der Waals surface area contributed by atoms with Crippen molar-refractivity contribution in [1.82, 2.24) is 50.7 Å². The first-order valence-electron chi connectivity index (χ1n) is 15.3. The molecule has 0 aromatic carbocycles. The average Bonchev–Trinajstić information content (AvgIpc) is 3.03. The van der Waals surface area contributed by atoms with Gasteiger partial charge in [0.15, 0.2) is 0 Å². The Kier molecular flexibility index (Phi) is 19.9. The Bertz CT molecular complexity index is 1280. The molecule has 0 aromatic heterocycles. The SMILES string of the molecule is CC(C)NCC(=O)N(C)CC(=O)N(C)CC(=O)NCC(=O)N(C)CC(=O)N(C)CC(=O)NCC(=O)N(C)CC(=O)N(C)CC(=O)NCC(=O)O. The molecule has 0 radical (unpaired) electrons. The van der Waals surface area contributed by atoms with E-state index >= 15 is 0 Å². The van der Waals surface area contributed by atoms with Crippen molar-refractivity contribution >= 4 is 59.1 Å². The first kappa shape index (κ1) is 44.7. The van der Waals surface area contributed by atoms with Crippen LogP contribution in [0.3, 0.4) is 0 Å². The summed E-state index contributed by atoms with van der Waals surface area (Å²) in [6, 6.07) is 0.0890. The lowest BCUT2D eigenvalue weighted by Crippen LogP contribution is -2.49. The van der Waals surface area contributed by atoms with Crippen LogP contribution in [0.4, 0.5) is 0 Å². The molecule has 0 aliphatic rings. The van der Waals surface area contributed by atoms with Gasteiger partial charge < -0.3 is 55.8 Å². The van der Waals surface area contributed by atoms with E-state index in [1.165, 1.54) is 47.2 Å². The summed E-state index contributed by atoms with van der Waals surface area (Å²) in [7, 11) is 8.04. The highest BCUT2D eigenvalue weighted by Gasteiger charge is 2.22. The first-order chi connectivity index (χ1) is 23.1. The number of aliphatic carboxylic acids is 1. The van der Waals surface area contributed by atoms with E-state index in [4.69, 9.17) is 5.11 Å². The van der Waals surface area contributed by atoms with Crippen LogP contribution >= 0.6 is 0 Å². The molecule has 50 heavy (non-hydrogen) atoms. The number of carbonyl (C=O) groups excluding carboxylic acids is 9. The van der Waals surface area contributed by atoms with Crippen molar-refractivity contribution in [2.45, 2.75) is 19.9 Å². The van der Waals surface area contributed by atoms with Crippen LogP contribution in [0.2, 0.25) is 0 Å². The van der Waals surface area contributed by atoms with Gasteiger partial charge in [0.25, 0.3) is 0 Å². The zero-order chi connectivity index (χ0) is 38.7. The lowest BCUT2D eigenvalue weighted by atomic mass is 10.3. The average molecular weight is 715 g/mol. The van der Waals surface area contributed by atoms with Crippen molar-refractivity contribution in [1.29, 1.82) is 0 Å².